The van der Waals surface area contributed by atoms with E-state index in [0.717, 1.165) is 5.56 Å². The van der Waals surface area contributed by atoms with Crippen molar-refractivity contribution in [2.75, 3.05) is 12.4 Å². The number of furan rings is 1. The zero-order valence-electron chi connectivity index (χ0n) is 19.3. The number of anilines is 1. The van der Waals surface area contributed by atoms with Crippen molar-refractivity contribution >= 4 is 28.9 Å². The average Bonchev–Trinajstić information content (AvgIpc) is 3.33. The summed E-state index contributed by atoms with van der Waals surface area (Å²) in [6.45, 7) is 1.97. The molecule has 0 saturated heterocycles. The van der Waals surface area contributed by atoms with E-state index < -0.39 is 10.8 Å². The molecule has 9 nitrogen and oxygen atoms in total. The number of nitro benzene ring substituents is 1. The average molecular weight is 509 g/mol. The van der Waals surface area contributed by atoms with Gasteiger partial charge in [0.05, 0.1) is 23.8 Å². The van der Waals surface area contributed by atoms with Gasteiger partial charge in [0.15, 0.2) is 17.3 Å². The minimum absolute atomic E-state index is 0.0140. The fraction of sp³-hybridized carbons (Fsp3) is 0.115. The number of amides is 1. The maximum Gasteiger partial charge on any atom is 0.291 e. The van der Waals surface area contributed by atoms with E-state index >= 15 is 0 Å². The van der Waals surface area contributed by atoms with Gasteiger partial charge < -0.3 is 23.9 Å². The number of para-hydroxylation sites is 2. The van der Waals surface area contributed by atoms with Crippen LogP contribution in [0.4, 0.5) is 11.4 Å². The van der Waals surface area contributed by atoms with Gasteiger partial charge in [0.2, 0.25) is 0 Å². The number of carbonyl (C=O) groups excluding carboxylic acids is 1. The normalized spacial score (nSPS) is 10.5. The number of aryl methyl sites for hydroxylation is 1. The molecule has 184 valence electrons. The summed E-state index contributed by atoms with van der Waals surface area (Å²) in [5, 5.41) is 14.7. The first-order valence-electron chi connectivity index (χ1n) is 10.7. The summed E-state index contributed by atoms with van der Waals surface area (Å²) in [5.74, 6) is 1.46. The van der Waals surface area contributed by atoms with E-state index in [9.17, 15) is 14.9 Å². The first-order valence-corrected chi connectivity index (χ1v) is 11.1. The van der Waals surface area contributed by atoms with E-state index in [2.05, 4.69) is 5.32 Å². The predicted molar refractivity (Wildman–Crippen MR) is 133 cm³/mol. The molecule has 0 bridgehead atoms. The van der Waals surface area contributed by atoms with Crippen LogP contribution in [0, 0.1) is 17.0 Å². The number of halogens is 1. The first-order chi connectivity index (χ1) is 17.3. The van der Waals surface area contributed by atoms with Crippen LogP contribution in [-0.4, -0.2) is 17.9 Å². The predicted octanol–water partition coefficient (Wildman–Crippen LogP) is 6.78. The van der Waals surface area contributed by atoms with Gasteiger partial charge in [-0.2, -0.15) is 0 Å². The molecule has 4 aromatic rings. The fourth-order valence-corrected chi connectivity index (χ4v) is 3.57. The third kappa shape index (κ3) is 5.94. The molecule has 0 radical (unpaired) electrons. The number of nitrogens with one attached hydrogen (secondary N) is 1. The van der Waals surface area contributed by atoms with Crippen molar-refractivity contribution in [3.05, 3.63) is 105 Å². The molecule has 4 rings (SSSR count). The number of nitrogens with zero attached hydrogens (tertiary/aromatic N) is 1. The lowest BCUT2D eigenvalue weighted by molar-refractivity contribution is -0.384. The maximum atomic E-state index is 12.8. The molecule has 1 amide bonds. The highest BCUT2D eigenvalue weighted by molar-refractivity contribution is 6.30. The van der Waals surface area contributed by atoms with Crippen LogP contribution in [0.5, 0.6) is 23.0 Å². The zero-order chi connectivity index (χ0) is 25.7. The van der Waals surface area contributed by atoms with Crippen LogP contribution >= 0.6 is 11.6 Å². The van der Waals surface area contributed by atoms with Crippen molar-refractivity contribution in [2.45, 2.75) is 13.5 Å². The number of methoxy groups -OCH3 is 1. The molecule has 10 heteroatoms. The van der Waals surface area contributed by atoms with Gasteiger partial charge in [-0.15, -0.1) is 0 Å². The van der Waals surface area contributed by atoms with E-state index in [0.29, 0.717) is 28.0 Å². The summed E-state index contributed by atoms with van der Waals surface area (Å²) in [6.07, 6.45) is 0. The number of nitro groups is 1. The van der Waals surface area contributed by atoms with Crippen LogP contribution in [-0.2, 0) is 6.61 Å². The Bertz CT molecular complexity index is 1420. The Kier molecular flexibility index (Phi) is 7.41. The third-order valence-electron chi connectivity index (χ3n) is 5.05. The molecule has 0 aliphatic rings. The molecule has 0 saturated carbocycles. The van der Waals surface area contributed by atoms with E-state index in [1.54, 1.807) is 48.5 Å². The highest BCUT2D eigenvalue weighted by Crippen LogP contribution is 2.34. The van der Waals surface area contributed by atoms with Crippen molar-refractivity contribution in [3.63, 3.8) is 0 Å². The lowest BCUT2D eigenvalue weighted by Gasteiger charge is -2.11. The maximum absolute atomic E-state index is 12.8. The molecule has 0 unspecified atom stereocenters. The van der Waals surface area contributed by atoms with Gasteiger partial charge >= 0.3 is 0 Å². The molecular weight excluding hydrogens is 488 g/mol. The van der Waals surface area contributed by atoms with Crippen LogP contribution in [0.15, 0.2) is 77.2 Å². The summed E-state index contributed by atoms with van der Waals surface area (Å²) in [4.78, 5) is 23.6. The molecule has 0 fully saturated rings. The Hall–Kier alpha value is -4.50. The van der Waals surface area contributed by atoms with E-state index in [4.69, 9.17) is 30.2 Å². The molecule has 1 aromatic heterocycles. The van der Waals surface area contributed by atoms with Crippen molar-refractivity contribution < 1.29 is 28.3 Å². The van der Waals surface area contributed by atoms with Crippen LogP contribution < -0.4 is 19.5 Å². The zero-order valence-corrected chi connectivity index (χ0v) is 20.1. The van der Waals surface area contributed by atoms with Crippen molar-refractivity contribution in [3.8, 4) is 23.0 Å². The standard InChI is InChI=1S/C26H21ClN2O7/c1-16-11-17(27)7-9-22(16)34-15-20-8-10-25(35-20)26(30)28-18-12-19(29(31)32)14-21(13-18)36-24-6-4-3-5-23(24)33-2/h3-14H,15H2,1-2H3,(H,28,30). The number of benzene rings is 3. The Morgan fingerprint density at radius 1 is 1.03 bits per heavy atom. The number of hydrogen-bond acceptors (Lipinski definition) is 7. The van der Waals surface area contributed by atoms with E-state index in [-0.39, 0.29) is 29.5 Å². The quantitative estimate of drug-likeness (QED) is 0.196. The molecule has 0 atom stereocenters. The third-order valence-corrected chi connectivity index (χ3v) is 5.28. The summed E-state index contributed by atoms with van der Waals surface area (Å²) >= 11 is 5.96. The molecule has 1 N–H and O–H groups in total. The van der Waals surface area contributed by atoms with E-state index in [1.807, 2.05) is 6.92 Å². The number of ether oxygens (including phenoxy) is 3. The van der Waals surface area contributed by atoms with Crippen LogP contribution in [0.1, 0.15) is 21.9 Å². The first kappa shape index (κ1) is 24.6. The summed E-state index contributed by atoms with van der Waals surface area (Å²) in [6, 6.07) is 19.2. The molecular formula is C26H21ClN2O7. The molecule has 3 aromatic carbocycles. The van der Waals surface area contributed by atoms with Crippen molar-refractivity contribution in [2.24, 2.45) is 0 Å². The van der Waals surface area contributed by atoms with Crippen molar-refractivity contribution in [1.29, 1.82) is 0 Å². The second-order valence-corrected chi connectivity index (χ2v) is 8.08. The Morgan fingerprint density at radius 2 is 1.81 bits per heavy atom. The van der Waals surface area contributed by atoms with Crippen LogP contribution in [0.3, 0.4) is 0 Å². The number of rotatable bonds is 9. The SMILES string of the molecule is COc1ccccc1Oc1cc(NC(=O)c2ccc(COc3ccc(Cl)cc3C)o2)cc([N+](=O)[O-])c1. The minimum Gasteiger partial charge on any atom is -0.493 e. The van der Waals surface area contributed by atoms with Gasteiger partial charge in [0.25, 0.3) is 11.6 Å². The monoisotopic (exact) mass is 508 g/mol. The van der Waals surface area contributed by atoms with E-state index in [1.165, 1.54) is 31.4 Å². The smallest absolute Gasteiger partial charge is 0.291 e. The summed E-state index contributed by atoms with van der Waals surface area (Å²) in [5.41, 5.74) is 0.762. The van der Waals surface area contributed by atoms with Crippen molar-refractivity contribution in [1.82, 2.24) is 0 Å². The summed E-state index contributed by atoms with van der Waals surface area (Å²) < 4.78 is 22.4. The second kappa shape index (κ2) is 10.8. The van der Waals surface area contributed by atoms with Gasteiger partial charge in [-0.25, -0.2) is 0 Å². The van der Waals surface area contributed by atoms with Gasteiger partial charge in [0, 0.05) is 17.2 Å². The topological polar surface area (TPSA) is 113 Å². The van der Waals surface area contributed by atoms with Gasteiger partial charge in [-0.3, -0.25) is 14.9 Å². The fourth-order valence-electron chi connectivity index (χ4n) is 3.34. The molecule has 36 heavy (non-hydrogen) atoms. The minimum atomic E-state index is -0.590. The molecule has 1 heterocycles. The second-order valence-electron chi connectivity index (χ2n) is 7.64. The van der Waals surface area contributed by atoms with Crippen LogP contribution in [0.25, 0.3) is 0 Å². The Balaban J connectivity index is 1.48. The summed E-state index contributed by atoms with van der Waals surface area (Å²) in [7, 11) is 1.49. The largest absolute Gasteiger partial charge is 0.493 e. The van der Waals surface area contributed by atoms with Gasteiger partial charge in [-0.1, -0.05) is 23.7 Å². The van der Waals surface area contributed by atoms with Gasteiger partial charge in [-0.05, 0) is 55.0 Å². The van der Waals surface area contributed by atoms with Gasteiger partial charge in [0.1, 0.15) is 23.9 Å². The molecule has 0 aliphatic heterocycles. The highest BCUT2D eigenvalue weighted by Gasteiger charge is 2.17. The Morgan fingerprint density at radius 3 is 2.53 bits per heavy atom. The Labute approximate surface area is 211 Å². The number of non-ortho nitro benzene ring substituents is 1. The van der Waals surface area contributed by atoms with Crippen LogP contribution in [0.2, 0.25) is 5.02 Å². The lowest BCUT2D eigenvalue weighted by atomic mass is 10.2. The number of carbonyl (C=O) groups is 1. The highest BCUT2D eigenvalue weighted by atomic mass is 35.5. The number of hydrogen-bond donors (Lipinski definition) is 1. The molecule has 0 aliphatic carbocycles. The lowest BCUT2D eigenvalue weighted by Crippen LogP contribution is -2.11. The molecule has 0 spiro atoms.